The Morgan fingerprint density at radius 1 is 1.53 bits per heavy atom. The summed E-state index contributed by atoms with van der Waals surface area (Å²) in [6.45, 7) is 0. The maximum Gasteiger partial charge on any atom is 0.305 e. The highest BCUT2D eigenvalue weighted by molar-refractivity contribution is 6.15. The van der Waals surface area contributed by atoms with E-state index >= 15 is 0 Å². The second-order valence-electron chi connectivity index (χ2n) is 3.28. The molecule has 15 heavy (non-hydrogen) atoms. The van der Waals surface area contributed by atoms with E-state index in [1.54, 1.807) is 0 Å². The maximum absolute atomic E-state index is 11.4. The molecule has 1 unspecified atom stereocenters. The van der Waals surface area contributed by atoms with Crippen LogP contribution in [-0.2, 0) is 19.2 Å². The van der Waals surface area contributed by atoms with E-state index in [9.17, 15) is 19.2 Å². The lowest BCUT2D eigenvalue weighted by molar-refractivity contribution is -0.141. The van der Waals surface area contributed by atoms with Crippen molar-refractivity contribution >= 4 is 23.6 Å². The lowest BCUT2D eigenvalue weighted by Gasteiger charge is -2.10. The Labute approximate surface area is 84.6 Å². The average molecular weight is 214 g/mol. The molecule has 0 aliphatic carbocycles. The van der Waals surface area contributed by atoms with Gasteiger partial charge in [-0.3, -0.25) is 24.5 Å². The number of amides is 2. The van der Waals surface area contributed by atoms with E-state index in [2.05, 4.69) is 0 Å². The highest BCUT2D eigenvalue weighted by Gasteiger charge is 2.38. The third-order valence-electron chi connectivity index (χ3n) is 2.07. The molecule has 1 aliphatic rings. The van der Waals surface area contributed by atoms with Gasteiger partial charge in [-0.05, 0) is 0 Å². The molecule has 2 atom stereocenters. The molecule has 0 spiro atoms. The van der Waals surface area contributed by atoms with Gasteiger partial charge in [0.05, 0.1) is 12.5 Å². The number of ketones is 1. The first-order valence-corrected chi connectivity index (χ1v) is 4.26. The SMILES string of the molecule is N[C@@H](CC(=O)O)C(=O)C1CC(=O)NC1=O. The zero-order valence-corrected chi connectivity index (χ0v) is 7.73. The molecule has 0 aromatic rings. The fourth-order valence-electron chi connectivity index (χ4n) is 1.33. The normalized spacial score (nSPS) is 22.3. The van der Waals surface area contributed by atoms with Crippen molar-refractivity contribution in [1.29, 1.82) is 0 Å². The summed E-state index contributed by atoms with van der Waals surface area (Å²) < 4.78 is 0. The van der Waals surface area contributed by atoms with E-state index in [1.807, 2.05) is 5.32 Å². The third-order valence-corrected chi connectivity index (χ3v) is 2.07. The minimum atomic E-state index is -1.25. The number of hydrogen-bond acceptors (Lipinski definition) is 5. The molecular weight excluding hydrogens is 204 g/mol. The number of carbonyl (C=O) groups is 4. The molecule has 0 aromatic heterocycles. The Morgan fingerprint density at radius 2 is 2.13 bits per heavy atom. The summed E-state index contributed by atoms with van der Waals surface area (Å²) in [6, 6.07) is -1.25. The maximum atomic E-state index is 11.4. The van der Waals surface area contributed by atoms with Crippen molar-refractivity contribution in [2.24, 2.45) is 11.7 Å². The predicted octanol–water partition coefficient (Wildman–Crippen LogP) is -1.98. The van der Waals surface area contributed by atoms with Crippen molar-refractivity contribution in [3.05, 3.63) is 0 Å². The van der Waals surface area contributed by atoms with Crippen LogP contribution in [0.2, 0.25) is 0 Å². The van der Waals surface area contributed by atoms with E-state index < -0.39 is 41.9 Å². The van der Waals surface area contributed by atoms with Gasteiger partial charge in [0.1, 0.15) is 5.92 Å². The van der Waals surface area contributed by atoms with Crippen LogP contribution >= 0.6 is 0 Å². The molecule has 7 heteroatoms. The number of nitrogens with one attached hydrogen (secondary N) is 1. The van der Waals surface area contributed by atoms with E-state index in [0.717, 1.165) is 0 Å². The lowest BCUT2D eigenvalue weighted by atomic mass is 9.95. The Kier molecular flexibility index (Phi) is 3.15. The summed E-state index contributed by atoms with van der Waals surface area (Å²) in [7, 11) is 0. The number of nitrogens with two attached hydrogens (primary N) is 1. The van der Waals surface area contributed by atoms with Gasteiger partial charge in [-0.25, -0.2) is 0 Å². The number of Topliss-reactive ketones (excluding diaryl/α,β-unsaturated/α-hetero) is 1. The monoisotopic (exact) mass is 214 g/mol. The van der Waals surface area contributed by atoms with E-state index in [1.165, 1.54) is 0 Å². The van der Waals surface area contributed by atoms with E-state index in [-0.39, 0.29) is 6.42 Å². The Bertz CT molecular complexity index is 338. The smallest absolute Gasteiger partial charge is 0.305 e. The highest BCUT2D eigenvalue weighted by atomic mass is 16.4. The summed E-state index contributed by atoms with van der Waals surface area (Å²) in [5, 5.41) is 10.3. The Morgan fingerprint density at radius 3 is 2.53 bits per heavy atom. The number of hydrogen-bond donors (Lipinski definition) is 3. The first-order valence-electron chi connectivity index (χ1n) is 4.26. The summed E-state index contributed by atoms with van der Waals surface area (Å²) in [6.07, 6.45) is -0.790. The molecule has 7 nitrogen and oxygen atoms in total. The number of carboxylic acids is 1. The van der Waals surface area contributed by atoms with Crippen molar-refractivity contribution in [3.8, 4) is 0 Å². The van der Waals surface area contributed by atoms with Gasteiger partial charge >= 0.3 is 5.97 Å². The molecule has 1 rings (SSSR count). The van der Waals surface area contributed by atoms with E-state index in [0.29, 0.717) is 0 Å². The lowest BCUT2D eigenvalue weighted by Crippen LogP contribution is -2.40. The summed E-state index contributed by atoms with van der Waals surface area (Å²) in [4.78, 5) is 43.5. The van der Waals surface area contributed by atoms with Gasteiger partial charge in [0.2, 0.25) is 11.8 Å². The zero-order chi connectivity index (χ0) is 11.6. The molecule has 0 saturated carbocycles. The van der Waals surface area contributed by atoms with Crippen LogP contribution < -0.4 is 11.1 Å². The van der Waals surface area contributed by atoms with Gasteiger partial charge in [-0.2, -0.15) is 0 Å². The first-order chi connectivity index (χ1) is 6.91. The van der Waals surface area contributed by atoms with Crippen LogP contribution in [0, 0.1) is 5.92 Å². The second-order valence-corrected chi connectivity index (χ2v) is 3.28. The minimum absolute atomic E-state index is 0.245. The Balaban J connectivity index is 2.64. The number of rotatable bonds is 4. The summed E-state index contributed by atoms with van der Waals surface area (Å²) in [5.74, 6) is -4.31. The number of imide groups is 1. The van der Waals surface area contributed by atoms with Crippen LogP contribution in [0.15, 0.2) is 0 Å². The molecule has 1 saturated heterocycles. The second kappa shape index (κ2) is 4.18. The Hall–Kier alpha value is -1.76. The minimum Gasteiger partial charge on any atom is -0.481 e. The third kappa shape index (κ3) is 2.59. The largest absolute Gasteiger partial charge is 0.481 e. The van der Waals surface area contributed by atoms with Gasteiger partial charge in [0.25, 0.3) is 0 Å². The fraction of sp³-hybridized carbons (Fsp3) is 0.500. The van der Waals surface area contributed by atoms with Crippen LogP contribution in [0.3, 0.4) is 0 Å². The number of carbonyl (C=O) groups excluding carboxylic acids is 3. The molecule has 4 N–H and O–H groups in total. The first kappa shape index (κ1) is 11.3. The fourth-order valence-corrected chi connectivity index (χ4v) is 1.33. The van der Waals surface area contributed by atoms with Crippen molar-refractivity contribution in [3.63, 3.8) is 0 Å². The van der Waals surface area contributed by atoms with Gasteiger partial charge in [-0.1, -0.05) is 0 Å². The summed E-state index contributed by atoms with van der Waals surface area (Å²) in [5.41, 5.74) is 5.28. The number of carboxylic acid groups (broad SMARTS) is 1. The standard InChI is InChI=1S/C8H10N2O5/c9-4(2-6(12)13)7(14)3-1-5(11)10-8(3)15/h3-4H,1-2,9H2,(H,12,13)(H,10,11,15)/t3?,4-/m0/s1. The molecule has 0 bridgehead atoms. The highest BCUT2D eigenvalue weighted by Crippen LogP contribution is 2.14. The van der Waals surface area contributed by atoms with Gasteiger partial charge in [-0.15, -0.1) is 0 Å². The van der Waals surface area contributed by atoms with E-state index in [4.69, 9.17) is 10.8 Å². The van der Waals surface area contributed by atoms with Crippen LogP contribution in [0.1, 0.15) is 12.8 Å². The molecule has 1 heterocycles. The molecule has 1 aliphatic heterocycles. The molecule has 0 radical (unpaired) electrons. The predicted molar refractivity (Wildman–Crippen MR) is 46.5 cm³/mol. The topological polar surface area (TPSA) is 127 Å². The van der Waals surface area contributed by atoms with Crippen LogP contribution in [0.25, 0.3) is 0 Å². The average Bonchev–Trinajstić information content (AvgIpc) is 2.42. The molecule has 2 amide bonds. The molecule has 82 valence electrons. The van der Waals surface area contributed by atoms with Gasteiger partial charge in [0, 0.05) is 6.42 Å². The zero-order valence-electron chi connectivity index (χ0n) is 7.73. The van der Waals surface area contributed by atoms with Crippen molar-refractivity contribution in [1.82, 2.24) is 5.32 Å². The van der Waals surface area contributed by atoms with Crippen LogP contribution in [0.5, 0.6) is 0 Å². The van der Waals surface area contributed by atoms with Crippen molar-refractivity contribution < 1.29 is 24.3 Å². The molecule has 0 aromatic carbocycles. The van der Waals surface area contributed by atoms with Crippen LogP contribution in [-0.4, -0.2) is 34.7 Å². The summed E-state index contributed by atoms with van der Waals surface area (Å²) >= 11 is 0. The quantitative estimate of drug-likeness (QED) is 0.367. The van der Waals surface area contributed by atoms with Crippen molar-refractivity contribution in [2.45, 2.75) is 18.9 Å². The van der Waals surface area contributed by atoms with Crippen molar-refractivity contribution in [2.75, 3.05) is 0 Å². The van der Waals surface area contributed by atoms with Gasteiger partial charge in [0.15, 0.2) is 5.78 Å². The van der Waals surface area contributed by atoms with Gasteiger partial charge < -0.3 is 10.8 Å². The molecular formula is C8H10N2O5. The van der Waals surface area contributed by atoms with Crippen LogP contribution in [0.4, 0.5) is 0 Å². The number of aliphatic carboxylic acids is 1. The molecule has 1 fully saturated rings.